The van der Waals surface area contributed by atoms with Crippen molar-refractivity contribution in [3.05, 3.63) is 75.5 Å². The molecule has 4 heterocycles. The highest BCUT2D eigenvalue weighted by atomic mass is 16.1. The summed E-state index contributed by atoms with van der Waals surface area (Å²) in [5.41, 5.74) is 3.33. The molecule has 0 bridgehead atoms. The van der Waals surface area contributed by atoms with E-state index < -0.39 is 0 Å². The molecular weight excluding hydrogens is 506 g/mol. The van der Waals surface area contributed by atoms with Crippen LogP contribution in [-0.4, -0.2) is 54.8 Å². The van der Waals surface area contributed by atoms with E-state index in [2.05, 4.69) is 58.2 Å². The average molecular weight is 544 g/mol. The maximum absolute atomic E-state index is 13.2. The molecule has 3 aromatic heterocycles. The highest BCUT2D eigenvalue weighted by Gasteiger charge is 2.28. The minimum Gasteiger partial charge on any atom is -0.371 e. The first-order chi connectivity index (χ1) is 19.1. The lowest BCUT2D eigenvalue weighted by atomic mass is 9.89. The maximum atomic E-state index is 13.2. The lowest BCUT2D eigenvalue weighted by Gasteiger charge is -2.41. The molecule has 11 nitrogen and oxygen atoms in total. The van der Waals surface area contributed by atoms with Gasteiger partial charge in [-0.1, -0.05) is 6.08 Å². The summed E-state index contributed by atoms with van der Waals surface area (Å²) in [5, 5.41) is 11.6. The molecule has 0 atom stereocenters. The Bertz CT molecular complexity index is 1670. The second-order valence-corrected chi connectivity index (χ2v) is 10.9. The van der Waals surface area contributed by atoms with Gasteiger partial charge in [0, 0.05) is 42.3 Å². The minimum absolute atomic E-state index is 0.148. The first-order valence-corrected chi connectivity index (χ1v) is 13.7. The predicted octanol–water partition coefficient (Wildman–Crippen LogP) is 3.54. The largest absolute Gasteiger partial charge is 0.371 e. The molecule has 0 amide bonds. The Morgan fingerprint density at radius 2 is 1.90 bits per heavy atom. The van der Waals surface area contributed by atoms with E-state index in [0.717, 1.165) is 37.2 Å². The van der Waals surface area contributed by atoms with Crippen LogP contribution in [0.1, 0.15) is 45.2 Å². The molecule has 0 saturated carbocycles. The van der Waals surface area contributed by atoms with Gasteiger partial charge in [0.1, 0.15) is 5.39 Å². The van der Waals surface area contributed by atoms with Crippen LogP contribution in [0.5, 0.6) is 0 Å². The third-order valence-corrected chi connectivity index (χ3v) is 7.76. The quantitative estimate of drug-likeness (QED) is 0.325. The van der Waals surface area contributed by atoms with Crippen molar-refractivity contribution in [3.8, 4) is 5.82 Å². The van der Waals surface area contributed by atoms with Crippen molar-refractivity contribution < 1.29 is 0 Å². The fourth-order valence-electron chi connectivity index (χ4n) is 5.21. The van der Waals surface area contributed by atoms with Crippen LogP contribution in [-0.2, 0) is 6.54 Å². The fraction of sp³-hybridized carbons (Fsp3) is 0.414. The lowest BCUT2D eigenvalue weighted by Crippen LogP contribution is -2.50. The van der Waals surface area contributed by atoms with E-state index in [9.17, 15) is 9.59 Å². The molecule has 40 heavy (non-hydrogen) atoms. The van der Waals surface area contributed by atoms with Gasteiger partial charge in [-0.3, -0.25) is 9.59 Å². The summed E-state index contributed by atoms with van der Waals surface area (Å²) in [6, 6.07) is 9.14. The molecule has 11 heteroatoms. The van der Waals surface area contributed by atoms with Gasteiger partial charge >= 0.3 is 0 Å². The fourth-order valence-corrected chi connectivity index (χ4v) is 5.21. The summed E-state index contributed by atoms with van der Waals surface area (Å²) in [7, 11) is 2.04. The smallest absolute Gasteiger partial charge is 0.278 e. The maximum Gasteiger partial charge on any atom is 0.278 e. The number of rotatable bonds is 8. The van der Waals surface area contributed by atoms with Crippen molar-refractivity contribution in [1.29, 1.82) is 0 Å². The number of hydrogen-bond acceptors (Lipinski definition) is 8. The van der Waals surface area contributed by atoms with Crippen LogP contribution in [0.15, 0.2) is 58.8 Å². The molecule has 2 N–H and O–H groups in total. The number of allylic oxidation sites excluding steroid dienone is 1. The van der Waals surface area contributed by atoms with Crippen LogP contribution in [0, 0.1) is 6.92 Å². The van der Waals surface area contributed by atoms with Crippen molar-refractivity contribution >= 4 is 28.4 Å². The van der Waals surface area contributed by atoms with E-state index in [-0.39, 0.29) is 29.2 Å². The molecule has 1 saturated heterocycles. The van der Waals surface area contributed by atoms with E-state index in [1.54, 1.807) is 16.8 Å². The molecule has 0 spiro atoms. The Kier molecular flexibility index (Phi) is 7.33. The zero-order valence-electron chi connectivity index (χ0n) is 23.8. The first-order valence-electron chi connectivity index (χ1n) is 13.7. The normalized spacial score (nSPS) is 15.1. The number of hydrogen-bond donors (Lipinski definition) is 2. The molecule has 1 aliphatic heterocycles. The van der Waals surface area contributed by atoms with E-state index in [4.69, 9.17) is 4.98 Å². The highest BCUT2D eigenvalue weighted by Crippen LogP contribution is 2.30. The van der Waals surface area contributed by atoms with E-state index in [0.29, 0.717) is 22.8 Å². The van der Waals surface area contributed by atoms with E-state index in [1.165, 1.54) is 27.3 Å². The van der Waals surface area contributed by atoms with Crippen molar-refractivity contribution in [2.24, 2.45) is 0 Å². The third-order valence-electron chi connectivity index (χ3n) is 7.76. The van der Waals surface area contributed by atoms with Crippen molar-refractivity contribution in [1.82, 2.24) is 34.4 Å². The summed E-state index contributed by atoms with van der Waals surface area (Å²) in [6.07, 6.45) is 5.34. The number of piperidine rings is 1. The number of anilines is 3. The number of benzene rings is 1. The number of nitrogens with one attached hydrogen (secondary N) is 2. The molecule has 1 fully saturated rings. The molecule has 1 aliphatic rings. The van der Waals surface area contributed by atoms with E-state index in [1.807, 2.05) is 27.0 Å². The van der Waals surface area contributed by atoms with Crippen molar-refractivity contribution in [2.45, 2.75) is 58.7 Å². The van der Waals surface area contributed by atoms with Gasteiger partial charge in [-0.05, 0) is 77.4 Å². The van der Waals surface area contributed by atoms with Crippen molar-refractivity contribution in [3.63, 3.8) is 0 Å². The van der Waals surface area contributed by atoms with Crippen LogP contribution < -0.4 is 26.7 Å². The Morgan fingerprint density at radius 1 is 1.15 bits per heavy atom. The van der Waals surface area contributed by atoms with Crippen LogP contribution in [0.4, 0.5) is 17.3 Å². The van der Waals surface area contributed by atoms with Gasteiger partial charge in [0.05, 0.1) is 12.6 Å². The number of aryl methyl sites for hydroxylation is 1. The molecule has 0 aliphatic carbocycles. The third kappa shape index (κ3) is 5.04. The lowest BCUT2D eigenvalue weighted by molar-refractivity contribution is 0.305. The first kappa shape index (κ1) is 27.3. The topological polar surface area (TPSA) is 115 Å². The van der Waals surface area contributed by atoms with Gasteiger partial charge in [0.25, 0.3) is 11.1 Å². The Balaban J connectivity index is 1.49. The number of nitrogens with zero attached hydrogens (tertiary/aromatic N) is 7. The molecule has 4 aromatic rings. The molecule has 1 aromatic carbocycles. The Morgan fingerprint density at radius 3 is 2.55 bits per heavy atom. The predicted molar refractivity (Wildman–Crippen MR) is 159 cm³/mol. The zero-order chi connectivity index (χ0) is 28.6. The summed E-state index contributed by atoms with van der Waals surface area (Å²) in [4.78, 5) is 37.2. The minimum atomic E-state index is -0.262. The van der Waals surface area contributed by atoms with Crippen LogP contribution in [0.25, 0.3) is 16.9 Å². The molecule has 210 valence electrons. The number of aromatic nitrogens is 6. The second-order valence-electron chi connectivity index (χ2n) is 10.9. The molecule has 0 unspecified atom stereocenters. The SMILES string of the molecule is C=CCn1c(=O)c2cnc(Nc3ccc(N4CCC(C)(NC)CC4)c(C)c3)nc2n1-c1ccc(=O)n(C(C)C)n1. The van der Waals surface area contributed by atoms with Gasteiger partial charge in [0.2, 0.25) is 5.95 Å². The number of fused-ring (bicyclic) bond motifs is 1. The summed E-state index contributed by atoms with van der Waals surface area (Å²) >= 11 is 0. The van der Waals surface area contributed by atoms with Gasteiger partial charge in [-0.15, -0.1) is 11.7 Å². The van der Waals surface area contributed by atoms with E-state index >= 15 is 0 Å². The summed E-state index contributed by atoms with van der Waals surface area (Å²) < 4.78 is 4.49. The van der Waals surface area contributed by atoms with Gasteiger partial charge in [0.15, 0.2) is 11.5 Å². The molecular formula is C29H37N9O2. The molecule has 5 rings (SSSR count). The van der Waals surface area contributed by atoms with Gasteiger partial charge in [-0.2, -0.15) is 4.98 Å². The molecule has 0 radical (unpaired) electrons. The average Bonchev–Trinajstić information content (AvgIpc) is 3.20. The second kappa shape index (κ2) is 10.7. The Labute approximate surface area is 233 Å². The van der Waals surface area contributed by atoms with Gasteiger partial charge < -0.3 is 15.5 Å². The van der Waals surface area contributed by atoms with Crippen LogP contribution in [0.3, 0.4) is 0 Å². The standard InChI is InChI=1S/C29H37N9O2/c1-7-14-36-27(40)22-18-31-28(33-26(22)38(36)24-10-11-25(39)37(34-24)19(2)3)32-21-8-9-23(20(4)17-21)35-15-12-29(5,30-6)13-16-35/h7-11,17-19,30H,1,12-16H2,2-6H3,(H,31,32,33). The van der Waals surface area contributed by atoms with Crippen LogP contribution in [0.2, 0.25) is 0 Å². The van der Waals surface area contributed by atoms with Crippen molar-refractivity contribution in [2.75, 3.05) is 30.4 Å². The Hall–Kier alpha value is -4.25. The monoisotopic (exact) mass is 543 g/mol. The highest BCUT2D eigenvalue weighted by molar-refractivity contribution is 5.77. The summed E-state index contributed by atoms with van der Waals surface area (Å²) in [6.45, 7) is 14.2. The van der Waals surface area contributed by atoms with Crippen LogP contribution >= 0.6 is 0 Å². The van der Waals surface area contributed by atoms with Gasteiger partial charge in [-0.25, -0.2) is 19.0 Å². The summed E-state index contributed by atoms with van der Waals surface area (Å²) in [5.74, 6) is 0.757. The zero-order valence-corrected chi connectivity index (χ0v) is 23.8.